The summed E-state index contributed by atoms with van der Waals surface area (Å²) in [6.07, 6.45) is 0.671. The number of methoxy groups -OCH3 is 2. The topological polar surface area (TPSA) is 67.9 Å². The van der Waals surface area contributed by atoms with Gasteiger partial charge in [-0.2, -0.15) is 0 Å². The fraction of sp³-hybridized carbons (Fsp3) is 0.440. The van der Waals surface area contributed by atoms with E-state index in [1.807, 2.05) is 32.9 Å². The fourth-order valence-corrected chi connectivity index (χ4v) is 3.86. The van der Waals surface area contributed by atoms with Crippen LogP contribution in [0.15, 0.2) is 36.4 Å². The molecule has 0 saturated carbocycles. The van der Waals surface area contributed by atoms with Crippen LogP contribution in [0.3, 0.4) is 0 Å². The zero-order valence-corrected chi connectivity index (χ0v) is 21.5. The van der Waals surface area contributed by atoms with E-state index in [-0.39, 0.29) is 24.8 Å². The van der Waals surface area contributed by atoms with Crippen LogP contribution < -0.4 is 14.8 Å². The van der Waals surface area contributed by atoms with Crippen LogP contribution in [0, 0.1) is 0 Å². The molecule has 0 spiro atoms. The van der Waals surface area contributed by atoms with Gasteiger partial charge < -0.3 is 19.7 Å². The number of ether oxygens (including phenoxy) is 2. The lowest BCUT2D eigenvalue weighted by molar-refractivity contribution is -0.141. The van der Waals surface area contributed by atoms with Crippen molar-refractivity contribution in [2.75, 3.05) is 14.2 Å². The summed E-state index contributed by atoms with van der Waals surface area (Å²) >= 11 is 12.7. The van der Waals surface area contributed by atoms with Crippen molar-refractivity contribution >= 4 is 35.0 Å². The van der Waals surface area contributed by atoms with Crippen molar-refractivity contribution in [3.05, 3.63) is 57.6 Å². The monoisotopic (exact) mass is 494 g/mol. The van der Waals surface area contributed by atoms with Crippen LogP contribution >= 0.6 is 23.2 Å². The standard InChI is InChI=1S/C25H32Cl2N2O4/c1-16(24(31)28-25(2,3)4)29(15-18-19(26)8-7-9-20(18)27)23(30)13-11-17-10-12-21(32-5)22(14-17)33-6/h7-10,12,14,16H,11,13,15H2,1-6H3,(H,28,31)/t16-/m1/s1. The van der Waals surface area contributed by atoms with Crippen molar-refractivity contribution in [2.24, 2.45) is 0 Å². The van der Waals surface area contributed by atoms with Crippen molar-refractivity contribution in [3.8, 4) is 11.5 Å². The van der Waals surface area contributed by atoms with Crippen molar-refractivity contribution in [2.45, 2.75) is 58.7 Å². The summed E-state index contributed by atoms with van der Waals surface area (Å²) in [7, 11) is 3.14. The first-order valence-electron chi connectivity index (χ1n) is 10.7. The second-order valence-corrected chi connectivity index (χ2v) is 9.64. The zero-order valence-electron chi connectivity index (χ0n) is 20.0. The summed E-state index contributed by atoms with van der Waals surface area (Å²) in [4.78, 5) is 27.8. The number of nitrogens with one attached hydrogen (secondary N) is 1. The molecule has 0 aliphatic carbocycles. The van der Waals surface area contributed by atoms with Crippen molar-refractivity contribution in [1.82, 2.24) is 10.2 Å². The van der Waals surface area contributed by atoms with Gasteiger partial charge in [0, 0.05) is 34.1 Å². The van der Waals surface area contributed by atoms with Crippen LogP contribution in [0.2, 0.25) is 10.0 Å². The molecule has 0 heterocycles. The molecule has 0 bridgehead atoms. The largest absolute Gasteiger partial charge is 0.493 e. The number of halogens is 2. The number of carbonyl (C=O) groups excluding carboxylic acids is 2. The maximum Gasteiger partial charge on any atom is 0.242 e. The lowest BCUT2D eigenvalue weighted by atomic mass is 10.1. The van der Waals surface area contributed by atoms with E-state index < -0.39 is 11.6 Å². The maximum atomic E-state index is 13.3. The number of hydrogen-bond acceptors (Lipinski definition) is 4. The smallest absolute Gasteiger partial charge is 0.242 e. The molecule has 1 N–H and O–H groups in total. The minimum absolute atomic E-state index is 0.127. The normalized spacial score (nSPS) is 12.1. The summed E-state index contributed by atoms with van der Waals surface area (Å²) in [6, 6.07) is 10.0. The van der Waals surface area contributed by atoms with Gasteiger partial charge in [-0.05, 0) is 63.9 Å². The highest BCUT2D eigenvalue weighted by molar-refractivity contribution is 6.36. The number of amides is 2. The fourth-order valence-electron chi connectivity index (χ4n) is 3.34. The van der Waals surface area contributed by atoms with Crippen LogP contribution in [-0.2, 0) is 22.6 Å². The van der Waals surface area contributed by atoms with Gasteiger partial charge in [0.25, 0.3) is 0 Å². The first-order valence-corrected chi connectivity index (χ1v) is 11.5. The Morgan fingerprint density at radius 1 is 1.03 bits per heavy atom. The van der Waals surface area contributed by atoms with Crippen molar-refractivity contribution < 1.29 is 19.1 Å². The number of hydrogen-bond donors (Lipinski definition) is 1. The molecular weight excluding hydrogens is 463 g/mol. The summed E-state index contributed by atoms with van der Waals surface area (Å²) in [5.41, 5.74) is 1.10. The molecule has 0 fully saturated rings. The Kier molecular flexibility index (Phi) is 9.44. The molecular formula is C25H32Cl2N2O4. The van der Waals surface area contributed by atoms with Gasteiger partial charge in [0.1, 0.15) is 6.04 Å². The Balaban J connectivity index is 2.26. The Labute approximate surface area is 206 Å². The summed E-state index contributed by atoms with van der Waals surface area (Å²) < 4.78 is 10.6. The highest BCUT2D eigenvalue weighted by Crippen LogP contribution is 2.29. The summed E-state index contributed by atoms with van der Waals surface area (Å²) in [6.45, 7) is 7.52. The first kappa shape index (κ1) is 26.8. The van der Waals surface area contributed by atoms with Crippen molar-refractivity contribution in [3.63, 3.8) is 0 Å². The average Bonchev–Trinajstić information content (AvgIpc) is 2.75. The van der Waals surface area contributed by atoms with Gasteiger partial charge >= 0.3 is 0 Å². The van der Waals surface area contributed by atoms with Crippen molar-refractivity contribution in [1.29, 1.82) is 0 Å². The number of rotatable bonds is 9. The Hall–Kier alpha value is -2.44. The van der Waals surface area contributed by atoms with E-state index in [4.69, 9.17) is 32.7 Å². The maximum absolute atomic E-state index is 13.3. The number of nitrogens with zero attached hydrogens (tertiary/aromatic N) is 1. The molecule has 180 valence electrons. The Bertz CT molecular complexity index is 969. The van der Waals surface area contributed by atoms with E-state index in [0.29, 0.717) is 33.5 Å². The highest BCUT2D eigenvalue weighted by Gasteiger charge is 2.29. The number of carbonyl (C=O) groups is 2. The molecule has 0 unspecified atom stereocenters. The van der Waals surface area contributed by atoms with Gasteiger partial charge in [-0.15, -0.1) is 0 Å². The molecule has 0 aliphatic rings. The predicted octanol–water partition coefficient (Wildman–Crippen LogP) is 5.28. The van der Waals surface area contributed by atoms with E-state index in [1.54, 1.807) is 45.4 Å². The molecule has 2 rings (SSSR count). The van der Waals surface area contributed by atoms with Gasteiger partial charge in [0.15, 0.2) is 11.5 Å². The van der Waals surface area contributed by atoms with Gasteiger partial charge in [-0.25, -0.2) is 0 Å². The van der Waals surface area contributed by atoms with Gasteiger partial charge in [0.2, 0.25) is 11.8 Å². The predicted molar refractivity (Wildman–Crippen MR) is 132 cm³/mol. The molecule has 33 heavy (non-hydrogen) atoms. The SMILES string of the molecule is COc1ccc(CCC(=O)N(Cc2c(Cl)cccc2Cl)[C@H](C)C(=O)NC(C)(C)C)cc1OC. The molecule has 0 aliphatic heterocycles. The van der Waals surface area contributed by atoms with E-state index in [9.17, 15) is 9.59 Å². The molecule has 1 atom stereocenters. The molecule has 2 aromatic rings. The highest BCUT2D eigenvalue weighted by atomic mass is 35.5. The molecule has 6 nitrogen and oxygen atoms in total. The lowest BCUT2D eigenvalue weighted by Crippen LogP contribution is -2.52. The van der Waals surface area contributed by atoms with E-state index in [0.717, 1.165) is 5.56 Å². The average molecular weight is 495 g/mol. The zero-order chi connectivity index (χ0) is 24.8. The van der Waals surface area contributed by atoms with Gasteiger partial charge in [-0.1, -0.05) is 35.3 Å². The number of aryl methyl sites for hydroxylation is 1. The van der Waals surface area contributed by atoms with Crippen LogP contribution in [0.1, 0.15) is 45.2 Å². The lowest BCUT2D eigenvalue weighted by Gasteiger charge is -2.32. The Morgan fingerprint density at radius 3 is 2.18 bits per heavy atom. The minimum Gasteiger partial charge on any atom is -0.493 e. The molecule has 2 amide bonds. The third kappa shape index (κ3) is 7.54. The molecule has 0 radical (unpaired) electrons. The van der Waals surface area contributed by atoms with E-state index >= 15 is 0 Å². The van der Waals surface area contributed by atoms with E-state index in [2.05, 4.69) is 5.32 Å². The molecule has 0 aromatic heterocycles. The third-order valence-electron chi connectivity index (χ3n) is 5.13. The Morgan fingerprint density at radius 2 is 1.64 bits per heavy atom. The summed E-state index contributed by atoms with van der Waals surface area (Å²) in [5.74, 6) is 0.789. The van der Waals surface area contributed by atoms with Crippen LogP contribution in [-0.4, -0.2) is 42.5 Å². The third-order valence-corrected chi connectivity index (χ3v) is 5.84. The second kappa shape index (κ2) is 11.6. The quantitative estimate of drug-likeness (QED) is 0.515. The van der Waals surface area contributed by atoms with Crippen LogP contribution in [0.25, 0.3) is 0 Å². The van der Waals surface area contributed by atoms with E-state index in [1.165, 1.54) is 4.90 Å². The summed E-state index contributed by atoms with van der Waals surface area (Å²) in [5, 5.41) is 3.84. The van der Waals surface area contributed by atoms with Gasteiger partial charge in [0.05, 0.1) is 14.2 Å². The number of benzene rings is 2. The molecule has 8 heteroatoms. The van der Waals surface area contributed by atoms with Gasteiger partial charge in [-0.3, -0.25) is 9.59 Å². The minimum atomic E-state index is -0.713. The molecule has 0 saturated heterocycles. The second-order valence-electron chi connectivity index (χ2n) is 8.83. The molecule has 2 aromatic carbocycles. The van der Waals surface area contributed by atoms with Crippen LogP contribution in [0.5, 0.6) is 11.5 Å². The van der Waals surface area contributed by atoms with Crippen LogP contribution in [0.4, 0.5) is 0 Å². The first-order chi connectivity index (χ1) is 15.5.